The van der Waals surface area contributed by atoms with Gasteiger partial charge in [-0.3, -0.25) is 14.2 Å². The molecule has 0 unspecified atom stereocenters. The van der Waals surface area contributed by atoms with E-state index in [4.69, 9.17) is 0 Å². The van der Waals surface area contributed by atoms with Crippen LogP contribution in [-0.4, -0.2) is 20.3 Å². The van der Waals surface area contributed by atoms with Crippen LogP contribution in [0.15, 0.2) is 54.9 Å². The van der Waals surface area contributed by atoms with Gasteiger partial charge in [0.2, 0.25) is 0 Å². The molecular formula is C21H20N4O. The number of rotatable bonds is 4. The van der Waals surface area contributed by atoms with E-state index in [-0.39, 0.29) is 5.91 Å². The van der Waals surface area contributed by atoms with E-state index in [1.165, 1.54) is 0 Å². The molecule has 0 radical (unpaired) electrons. The first-order chi connectivity index (χ1) is 12.7. The average molecular weight is 344 g/mol. The van der Waals surface area contributed by atoms with Gasteiger partial charge >= 0.3 is 0 Å². The molecule has 5 nitrogen and oxygen atoms in total. The highest BCUT2D eigenvalue weighted by Crippen LogP contribution is 2.23. The number of amides is 1. The molecule has 26 heavy (non-hydrogen) atoms. The van der Waals surface area contributed by atoms with Gasteiger partial charge < -0.3 is 5.32 Å². The van der Waals surface area contributed by atoms with Crippen molar-refractivity contribution < 1.29 is 4.79 Å². The molecule has 0 aliphatic heterocycles. The number of pyridine rings is 2. The number of fused-ring (bicyclic) bond motifs is 2. The zero-order valence-corrected chi connectivity index (χ0v) is 14.9. The van der Waals surface area contributed by atoms with E-state index >= 15 is 0 Å². The number of benzene rings is 1. The van der Waals surface area contributed by atoms with Crippen LogP contribution in [0.4, 0.5) is 5.69 Å². The van der Waals surface area contributed by atoms with Crippen molar-refractivity contribution >= 4 is 28.1 Å². The van der Waals surface area contributed by atoms with Gasteiger partial charge in [-0.15, -0.1) is 0 Å². The summed E-state index contributed by atoms with van der Waals surface area (Å²) < 4.78 is 1.88. The van der Waals surface area contributed by atoms with Crippen LogP contribution < -0.4 is 5.32 Å². The second kappa shape index (κ2) is 6.59. The summed E-state index contributed by atoms with van der Waals surface area (Å²) in [5.74, 6) is -0.162. The molecule has 3 aromatic heterocycles. The van der Waals surface area contributed by atoms with Crippen molar-refractivity contribution in [2.75, 3.05) is 5.32 Å². The number of carbonyl (C=O) groups excluding carboxylic acids is 1. The van der Waals surface area contributed by atoms with Crippen LogP contribution >= 0.6 is 0 Å². The van der Waals surface area contributed by atoms with Gasteiger partial charge in [-0.05, 0) is 37.1 Å². The van der Waals surface area contributed by atoms with Crippen molar-refractivity contribution in [3.8, 4) is 0 Å². The molecule has 3 heterocycles. The maximum absolute atomic E-state index is 13.1. The fourth-order valence-electron chi connectivity index (χ4n) is 3.24. The highest BCUT2D eigenvalue weighted by atomic mass is 16.2. The second-order valence-corrected chi connectivity index (χ2v) is 6.43. The first-order valence-corrected chi connectivity index (χ1v) is 8.80. The predicted molar refractivity (Wildman–Crippen MR) is 104 cm³/mol. The number of nitrogens with one attached hydrogen (secondary N) is 1. The van der Waals surface area contributed by atoms with Crippen LogP contribution in [0.3, 0.4) is 0 Å². The molecule has 1 amide bonds. The Morgan fingerprint density at radius 3 is 2.85 bits per heavy atom. The smallest absolute Gasteiger partial charge is 0.274 e. The van der Waals surface area contributed by atoms with Crippen LogP contribution in [-0.2, 0) is 6.42 Å². The van der Waals surface area contributed by atoms with Crippen molar-refractivity contribution in [2.45, 2.75) is 26.7 Å². The molecule has 5 heteroatoms. The van der Waals surface area contributed by atoms with Gasteiger partial charge in [-0.25, -0.2) is 4.98 Å². The van der Waals surface area contributed by atoms with Crippen molar-refractivity contribution in [3.63, 3.8) is 0 Å². The lowest BCUT2D eigenvalue weighted by Crippen LogP contribution is -2.17. The molecule has 0 atom stereocenters. The maximum Gasteiger partial charge on any atom is 0.274 e. The van der Waals surface area contributed by atoms with Gasteiger partial charge in [-0.2, -0.15) is 0 Å². The standard InChI is InChI=1S/C21H20N4O/c1-3-6-17-20(25-13-14(2)10-11-18(25)23-17)21(26)24-16-9-4-7-15-8-5-12-22-19(15)16/h4-5,7-13H,3,6H2,1-2H3,(H,24,26). The Hall–Kier alpha value is -3.21. The number of hydrogen-bond acceptors (Lipinski definition) is 3. The quantitative estimate of drug-likeness (QED) is 0.597. The number of nitrogens with zero attached hydrogens (tertiary/aromatic N) is 3. The minimum atomic E-state index is -0.162. The molecule has 130 valence electrons. The number of aryl methyl sites for hydroxylation is 2. The van der Waals surface area contributed by atoms with E-state index in [0.717, 1.165) is 40.6 Å². The molecule has 0 aliphatic carbocycles. The second-order valence-electron chi connectivity index (χ2n) is 6.43. The fraction of sp³-hybridized carbons (Fsp3) is 0.190. The number of anilines is 1. The van der Waals surface area contributed by atoms with Gasteiger partial charge in [0, 0.05) is 17.8 Å². The Morgan fingerprint density at radius 1 is 1.15 bits per heavy atom. The number of hydrogen-bond donors (Lipinski definition) is 1. The van der Waals surface area contributed by atoms with E-state index in [9.17, 15) is 4.79 Å². The number of aromatic nitrogens is 3. The number of carbonyl (C=O) groups is 1. The lowest BCUT2D eigenvalue weighted by Gasteiger charge is -2.09. The summed E-state index contributed by atoms with van der Waals surface area (Å²) in [6.45, 7) is 4.10. The molecule has 0 fully saturated rings. The lowest BCUT2D eigenvalue weighted by molar-refractivity contribution is 0.102. The highest BCUT2D eigenvalue weighted by molar-refractivity contribution is 6.08. The topological polar surface area (TPSA) is 59.3 Å². The van der Waals surface area contributed by atoms with Crippen molar-refractivity contribution in [1.29, 1.82) is 0 Å². The molecule has 4 rings (SSSR count). The molecule has 0 saturated heterocycles. The summed E-state index contributed by atoms with van der Waals surface area (Å²) in [7, 11) is 0. The first-order valence-electron chi connectivity index (χ1n) is 8.80. The van der Waals surface area contributed by atoms with Gasteiger partial charge in [0.15, 0.2) is 0 Å². The number of imidazole rings is 1. The minimum Gasteiger partial charge on any atom is -0.319 e. The van der Waals surface area contributed by atoms with Crippen molar-refractivity contribution in [2.24, 2.45) is 0 Å². The minimum absolute atomic E-state index is 0.162. The van der Waals surface area contributed by atoms with Crippen LogP contribution in [0.2, 0.25) is 0 Å². The van der Waals surface area contributed by atoms with E-state index in [1.54, 1.807) is 6.20 Å². The van der Waals surface area contributed by atoms with Crippen LogP contribution in [0, 0.1) is 6.92 Å². The van der Waals surface area contributed by atoms with Gasteiger partial charge in [0.25, 0.3) is 5.91 Å². The van der Waals surface area contributed by atoms with Gasteiger partial charge in [-0.1, -0.05) is 37.6 Å². The summed E-state index contributed by atoms with van der Waals surface area (Å²) in [6, 6.07) is 13.6. The Kier molecular flexibility index (Phi) is 4.13. The number of para-hydroxylation sites is 1. The van der Waals surface area contributed by atoms with E-state index in [0.29, 0.717) is 11.4 Å². The fourth-order valence-corrected chi connectivity index (χ4v) is 3.24. The zero-order valence-electron chi connectivity index (χ0n) is 14.9. The van der Waals surface area contributed by atoms with Crippen molar-refractivity contribution in [3.05, 3.63) is 71.8 Å². The van der Waals surface area contributed by atoms with Crippen LogP contribution in [0.25, 0.3) is 16.6 Å². The molecular weight excluding hydrogens is 324 g/mol. The Balaban J connectivity index is 1.80. The lowest BCUT2D eigenvalue weighted by atomic mass is 10.1. The monoisotopic (exact) mass is 344 g/mol. The molecule has 0 spiro atoms. The molecule has 4 aromatic rings. The molecule has 0 bridgehead atoms. The molecule has 0 aliphatic rings. The first kappa shape index (κ1) is 16.3. The third kappa shape index (κ3) is 2.81. The predicted octanol–water partition coefficient (Wildman–Crippen LogP) is 4.40. The summed E-state index contributed by atoms with van der Waals surface area (Å²) in [5, 5.41) is 4.03. The van der Waals surface area contributed by atoms with E-state index < -0.39 is 0 Å². The Bertz CT molecular complexity index is 1110. The summed E-state index contributed by atoms with van der Waals surface area (Å²) in [6.07, 6.45) is 5.38. The third-order valence-corrected chi connectivity index (χ3v) is 4.42. The molecule has 1 aromatic carbocycles. The maximum atomic E-state index is 13.1. The average Bonchev–Trinajstić information content (AvgIpc) is 2.99. The SMILES string of the molecule is CCCc1nc2ccc(C)cn2c1C(=O)Nc1cccc2cccnc12. The molecule has 0 saturated carbocycles. The Morgan fingerprint density at radius 2 is 2.00 bits per heavy atom. The third-order valence-electron chi connectivity index (χ3n) is 4.42. The van der Waals surface area contributed by atoms with Gasteiger partial charge in [0.1, 0.15) is 11.3 Å². The largest absolute Gasteiger partial charge is 0.319 e. The van der Waals surface area contributed by atoms with E-state index in [1.807, 2.05) is 60.0 Å². The highest BCUT2D eigenvalue weighted by Gasteiger charge is 2.19. The van der Waals surface area contributed by atoms with Crippen molar-refractivity contribution in [1.82, 2.24) is 14.4 Å². The normalized spacial score (nSPS) is 11.2. The van der Waals surface area contributed by atoms with Gasteiger partial charge in [0.05, 0.1) is 16.9 Å². The summed E-state index contributed by atoms with van der Waals surface area (Å²) in [5.41, 5.74) is 4.78. The summed E-state index contributed by atoms with van der Waals surface area (Å²) in [4.78, 5) is 22.2. The summed E-state index contributed by atoms with van der Waals surface area (Å²) >= 11 is 0. The van der Waals surface area contributed by atoms with E-state index in [2.05, 4.69) is 22.2 Å². The van der Waals surface area contributed by atoms with Crippen LogP contribution in [0.5, 0.6) is 0 Å². The Labute approximate surface area is 151 Å². The van der Waals surface area contributed by atoms with Crippen LogP contribution in [0.1, 0.15) is 35.1 Å². The zero-order chi connectivity index (χ0) is 18.1. The molecule has 1 N–H and O–H groups in total.